The summed E-state index contributed by atoms with van der Waals surface area (Å²) in [6.45, 7) is 0.369. The number of hydrogen-bond donors (Lipinski definition) is 4. The van der Waals surface area contributed by atoms with Crippen molar-refractivity contribution in [3.63, 3.8) is 0 Å². The Kier molecular flexibility index (Phi) is 2.61. The molecule has 7 N–H and O–H groups in total. The molecule has 0 aliphatic heterocycles. The number of rotatable bonds is 3. The van der Waals surface area contributed by atoms with Crippen molar-refractivity contribution in [3.8, 4) is 0 Å². The summed E-state index contributed by atoms with van der Waals surface area (Å²) < 4.78 is 5.30. The van der Waals surface area contributed by atoms with Gasteiger partial charge in [0.25, 0.3) is 11.6 Å². The molecule has 0 aliphatic rings. The number of hydrogen-bond acceptors (Lipinski definition) is 7. The van der Waals surface area contributed by atoms with Crippen molar-refractivity contribution in [2.24, 2.45) is 0 Å². The van der Waals surface area contributed by atoms with Crippen LogP contribution < -0.4 is 27.2 Å². The first-order chi connectivity index (χ1) is 8.09. The zero-order valence-corrected chi connectivity index (χ0v) is 8.88. The molecule has 2 aromatic heterocycles. The molecule has 2 rings (SSSR count). The summed E-state index contributed by atoms with van der Waals surface area (Å²) in [6.07, 6.45) is 3.08. The van der Waals surface area contributed by atoms with Gasteiger partial charge < -0.3 is 26.8 Å². The first-order valence-corrected chi connectivity index (χ1v) is 4.78. The van der Waals surface area contributed by atoms with Gasteiger partial charge >= 0.3 is 0 Å². The van der Waals surface area contributed by atoms with Gasteiger partial charge in [0.15, 0.2) is 11.6 Å². The van der Waals surface area contributed by atoms with Gasteiger partial charge in [0, 0.05) is 5.56 Å². The van der Waals surface area contributed by atoms with E-state index >= 15 is 0 Å². The molecule has 90 valence electrons. The normalized spacial score (nSPS) is 10.4. The van der Waals surface area contributed by atoms with Crippen molar-refractivity contribution >= 4 is 23.3 Å². The van der Waals surface area contributed by atoms with E-state index in [0.717, 1.165) is 5.56 Å². The molecule has 0 saturated heterocycles. The Morgan fingerprint density at radius 2 is 2.12 bits per heavy atom. The summed E-state index contributed by atoms with van der Waals surface area (Å²) in [4.78, 5) is 3.76. The van der Waals surface area contributed by atoms with Crippen molar-refractivity contribution in [2.75, 3.05) is 22.5 Å². The maximum atomic E-state index is 11.7. The number of furan rings is 1. The Labute approximate surface area is 96.6 Å². The van der Waals surface area contributed by atoms with E-state index < -0.39 is 0 Å². The molecule has 2 aromatic rings. The maximum absolute atomic E-state index is 11.7. The number of nitrogens with two attached hydrogens (primary N) is 3. The SMILES string of the molecule is Nc1nc(N)c(NCc2ccoc2)[n+]([O-])c1N. The van der Waals surface area contributed by atoms with Gasteiger partial charge in [-0.3, -0.25) is 5.32 Å². The number of nitrogen functional groups attached to an aromatic ring is 3. The van der Waals surface area contributed by atoms with Gasteiger partial charge in [-0.05, 0) is 6.07 Å². The van der Waals surface area contributed by atoms with Crippen LogP contribution in [0.3, 0.4) is 0 Å². The van der Waals surface area contributed by atoms with Crippen LogP contribution in [0.4, 0.5) is 23.3 Å². The van der Waals surface area contributed by atoms with Crippen LogP contribution in [0.25, 0.3) is 0 Å². The van der Waals surface area contributed by atoms with E-state index in [2.05, 4.69) is 10.3 Å². The summed E-state index contributed by atoms with van der Waals surface area (Å²) in [5, 5.41) is 14.5. The van der Waals surface area contributed by atoms with Gasteiger partial charge in [-0.25, -0.2) is 9.71 Å². The molecule has 8 heteroatoms. The van der Waals surface area contributed by atoms with Gasteiger partial charge in [0.2, 0.25) is 0 Å². The lowest BCUT2D eigenvalue weighted by Gasteiger charge is -2.15. The Bertz CT molecular complexity index is 525. The van der Waals surface area contributed by atoms with Crippen molar-refractivity contribution in [1.82, 2.24) is 4.98 Å². The van der Waals surface area contributed by atoms with Crippen molar-refractivity contribution < 1.29 is 9.15 Å². The minimum Gasteiger partial charge on any atom is -0.740 e. The van der Waals surface area contributed by atoms with Crippen molar-refractivity contribution in [3.05, 3.63) is 29.4 Å². The van der Waals surface area contributed by atoms with Crippen LogP contribution in [-0.2, 0) is 6.54 Å². The fourth-order valence-corrected chi connectivity index (χ4v) is 1.31. The van der Waals surface area contributed by atoms with Crippen LogP contribution in [-0.4, -0.2) is 4.98 Å². The highest BCUT2D eigenvalue weighted by atomic mass is 16.5. The predicted octanol–water partition coefficient (Wildman–Crippen LogP) is -0.333. The molecule has 8 nitrogen and oxygen atoms in total. The summed E-state index contributed by atoms with van der Waals surface area (Å²) in [5.41, 5.74) is 17.3. The van der Waals surface area contributed by atoms with Crippen LogP contribution in [0.1, 0.15) is 5.56 Å². The van der Waals surface area contributed by atoms with Crippen molar-refractivity contribution in [1.29, 1.82) is 0 Å². The number of nitrogens with one attached hydrogen (secondary N) is 1. The summed E-state index contributed by atoms with van der Waals surface area (Å²) in [7, 11) is 0. The largest absolute Gasteiger partial charge is 0.740 e. The minimum atomic E-state index is -0.186. The van der Waals surface area contributed by atoms with Crippen LogP contribution in [0, 0.1) is 5.21 Å². The zero-order chi connectivity index (χ0) is 12.4. The molecule has 0 spiro atoms. The molecular formula is C9H12N6O2. The molecule has 0 radical (unpaired) electrons. The van der Waals surface area contributed by atoms with Gasteiger partial charge in [0.05, 0.1) is 19.1 Å². The number of aromatic nitrogens is 2. The molecule has 0 saturated carbocycles. The smallest absolute Gasteiger partial charge is 0.265 e. The fourth-order valence-electron chi connectivity index (χ4n) is 1.31. The zero-order valence-electron chi connectivity index (χ0n) is 8.88. The maximum Gasteiger partial charge on any atom is 0.265 e. The summed E-state index contributed by atoms with van der Waals surface area (Å²) >= 11 is 0. The Hall–Kier alpha value is -2.64. The molecule has 0 amide bonds. The third kappa shape index (κ3) is 2.00. The van der Waals surface area contributed by atoms with Gasteiger partial charge in [-0.1, -0.05) is 0 Å². The quantitative estimate of drug-likeness (QED) is 0.421. The van der Waals surface area contributed by atoms with Crippen molar-refractivity contribution in [2.45, 2.75) is 6.54 Å². The Morgan fingerprint density at radius 1 is 1.35 bits per heavy atom. The summed E-state index contributed by atoms with van der Waals surface area (Å²) in [5.74, 6) is -0.214. The second-order valence-corrected chi connectivity index (χ2v) is 3.40. The predicted molar refractivity (Wildman–Crippen MR) is 62.5 cm³/mol. The van der Waals surface area contributed by atoms with Crippen LogP contribution in [0.15, 0.2) is 23.0 Å². The highest BCUT2D eigenvalue weighted by molar-refractivity contribution is 5.60. The standard InChI is InChI=1S/C9H12N6O2/c10-6-8(12)15(16)9(7(11)14-6)13-3-5-1-2-17-4-5/h1-2,4,13H,3,12H2,(H4,10,11,14). The molecule has 0 fully saturated rings. The topological polar surface area (TPSA) is 143 Å². The van der Waals surface area contributed by atoms with E-state index in [0.29, 0.717) is 11.3 Å². The Balaban J connectivity index is 2.24. The van der Waals surface area contributed by atoms with Crippen LogP contribution in [0.2, 0.25) is 0 Å². The third-order valence-electron chi connectivity index (χ3n) is 2.21. The second kappa shape index (κ2) is 4.08. The lowest BCUT2D eigenvalue weighted by Crippen LogP contribution is -2.37. The first-order valence-electron chi connectivity index (χ1n) is 4.78. The van der Waals surface area contributed by atoms with E-state index in [1.807, 2.05) is 0 Å². The lowest BCUT2D eigenvalue weighted by atomic mass is 10.3. The minimum absolute atomic E-state index is 0.00445. The van der Waals surface area contributed by atoms with Crippen LogP contribution >= 0.6 is 0 Å². The molecule has 0 unspecified atom stereocenters. The van der Waals surface area contributed by atoms with Gasteiger partial charge in [-0.2, -0.15) is 0 Å². The highest BCUT2D eigenvalue weighted by Crippen LogP contribution is 2.17. The second-order valence-electron chi connectivity index (χ2n) is 3.40. The molecule has 0 bridgehead atoms. The monoisotopic (exact) mass is 236 g/mol. The molecule has 0 aliphatic carbocycles. The van der Waals surface area contributed by atoms with E-state index in [1.165, 1.54) is 6.26 Å². The van der Waals surface area contributed by atoms with Gasteiger partial charge in [-0.15, -0.1) is 0 Å². The molecular weight excluding hydrogens is 224 g/mol. The van der Waals surface area contributed by atoms with E-state index in [4.69, 9.17) is 21.6 Å². The van der Waals surface area contributed by atoms with E-state index in [-0.39, 0.29) is 23.3 Å². The number of anilines is 4. The summed E-state index contributed by atoms with van der Waals surface area (Å²) in [6, 6.07) is 1.76. The van der Waals surface area contributed by atoms with E-state index in [9.17, 15) is 5.21 Å². The molecule has 0 atom stereocenters. The number of nitrogens with zero attached hydrogens (tertiary/aromatic N) is 2. The average molecular weight is 236 g/mol. The molecule has 17 heavy (non-hydrogen) atoms. The average Bonchev–Trinajstić information content (AvgIpc) is 2.79. The lowest BCUT2D eigenvalue weighted by molar-refractivity contribution is -0.573. The van der Waals surface area contributed by atoms with Crippen LogP contribution in [0.5, 0.6) is 0 Å². The Morgan fingerprint density at radius 3 is 2.76 bits per heavy atom. The first kappa shape index (κ1) is 10.9. The molecule has 0 aromatic carbocycles. The van der Waals surface area contributed by atoms with Gasteiger partial charge in [0.1, 0.15) is 0 Å². The molecule has 2 heterocycles. The fraction of sp³-hybridized carbons (Fsp3) is 0.111. The van der Waals surface area contributed by atoms with E-state index in [1.54, 1.807) is 12.3 Å². The highest BCUT2D eigenvalue weighted by Gasteiger charge is 2.14. The third-order valence-corrected chi connectivity index (χ3v) is 2.21.